The number of hydrogen-bond donors (Lipinski definition) is 0. The first kappa shape index (κ1) is 18.1. The molecule has 0 aromatic heterocycles. The Bertz CT molecular complexity index is 391. The molecule has 7 heteroatoms. The van der Waals surface area contributed by atoms with E-state index in [0.29, 0.717) is 25.0 Å². The van der Waals surface area contributed by atoms with Crippen LogP contribution >= 0.6 is 0 Å². The molecule has 6 nitrogen and oxygen atoms in total. The van der Waals surface area contributed by atoms with Crippen molar-refractivity contribution in [1.29, 1.82) is 0 Å². The SMILES string of the molecule is C=C(C)C(=O)OCCCN(C)OS(=O)(=O)CCCC. The summed E-state index contributed by atoms with van der Waals surface area (Å²) in [6, 6.07) is 0. The molecule has 0 saturated carbocycles. The van der Waals surface area contributed by atoms with E-state index in [0.717, 1.165) is 6.42 Å². The second-order valence-corrected chi connectivity index (χ2v) is 5.98. The summed E-state index contributed by atoms with van der Waals surface area (Å²) >= 11 is 0. The quantitative estimate of drug-likeness (QED) is 0.263. The number of rotatable bonds is 10. The zero-order chi connectivity index (χ0) is 14.9. The van der Waals surface area contributed by atoms with Crippen molar-refractivity contribution in [3.8, 4) is 0 Å². The molecule has 0 aliphatic rings. The molecule has 19 heavy (non-hydrogen) atoms. The number of hydrogen-bond acceptors (Lipinski definition) is 6. The van der Waals surface area contributed by atoms with E-state index in [1.807, 2.05) is 6.92 Å². The minimum Gasteiger partial charge on any atom is -0.462 e. The van der Waals surface area contributed by atoms with Gasteiger partial charge >= 0.3 is 5.97 Å². The fraction of sp³-hybridized carbons (Fsp3) is 0.750. The largest absolute Gasteiger partial charge is 0.462 e. The van der Waals surface area contributed by atoms with E-state index >= 15 is 0 Å². The molecule has 112 valence electrons. The number of hydroxylamine groups is 2. The highest BCUT2D eigenvalue weighted by Crippen LogP contribution is 2.02. The van der Waals surface area contributed by atoms with Gasteiger partial charge in [0.05, 0.1) is 12.4 Å². The van der Waals surface area contributed by atoms with Gasteiger partial charge in [-0.25, -0.2) is 4.79 Å². The lowest BCUT2D eigenvalue weighted by atomic mass is 10.3. The number of nitrogens with zero attached hydrogens (tertiary/aromatic N) is 1. The first-order chi connectivity index (χ1) is 8.78. The first-order valence-corrected chi connectivity index (χ1v) is 7.82. The van der Waals surface area contributed by atoms with Crippen molar-refractivity contribution >= 4 is 16.1 Å². The summed E-state index contributed by atoms with van der Waals surface area (Å²) in [5.74, 6) is -0.433. The van der Waals surface area contributed by atoms with Gasteiger partial charge in [-0.05, 0) is 19.8 Å². The van der Waals surface area contributed by atoms with Crippen molar-refractivity contribution < 1.29 is 22.2 Å². The van der Waals surface area contributed by atoms with Crippen LogP contribution in [0.25, 0.3) is 0 Å². The molecule has 0 N–H and O–H groups in total. The van der Waals surface area contributed by atoms with E-state index in [9.17, 15) is 13.2 Å². The predicted octanol–water partition coefficient (Wildman–Crippen LogP) is 1.49. The highest BCUT2D eigenvalue weighted by Gasteiger charge is 2.14. The van der Waals surface area contributed by atoms with Crippen LogP contribution < -0.4 is 0 Å². The Labute approximate surface area is 115 Å². The van der Waals surface area contributed by atoms with Crippen LogP contribution in [-0.2, 0) is 23.9 Å². The van der Waals surface area contributed by atoms with Gasteiger partial charge in [-0.15, -0.1) is 0 Å². The lowest BCUT2D eigenvalue weighted by molar-refractivity contribution is -0.139. The summed E-state index contributed by atoms with van der Waals surface area (Å²) in [5.41, 5.74) is 0.340. The van der Waals surface area contributed by atoms with Crippen molar-refractivity contribution in [1.82, 2.24) is 5.06 Å². The Morgan fingerprint density at radius 3 is 2.47 bits per heavy atom. The summed E-state index contributed by atoms with van der Waals surface area (Å²) in [5, 5.41) is 1.24. The molecular formula is C12H23NO5S. The van der Waals surface area contributed by atoms with Gasteiger partial charge in [-0.2, -0.15) is 17.8 Å². The van der Waals surface area contributed by atoms with Gasteiger partial charge in [0, 0.05) is 19.2 Å². The van der Waals surface area contributed by atoms with E-state index in [1.165, 1.54) is 12.1 Å². The van der Waals surface area contributed by atoms with Crippen molar-refractivity contribution in [2.45, 2.75) is 33.1 Å². The third-order valence-electron chi connectivity index (χ3n) is 2.19. The summed E-state index contributed by atoms with van der Waals surface area (Å²) in [7, 11) is -1.97. The fourth-order valence-electron chi connectivity index (χ4n) is 1.16. The van der Waals surface area contributed by atoms with Crippen LogP contribution in [0.2, 0.25) is 0 Å². The molecule has 0 aromatic rings. The van der Waals surface area contributed by atoms with Crippen LogP contribution in [0, 0.1) is 0 Å². The maximum absolute atomic E-state index is 11.5. The third kappa shape index (κ3) is 9.63. The zero-order valence-electron chi connectivity index (χ0n) is 11.8. The molecule has 0 aliphatic carbocycles. The molecule has 0 rings (SSSR count). The van der Waals surface area contributed by atoms with Crippen LogP contribution in [0.5, 0.6) is 0 Å². The predicted molar refractivity (Wildman–Crippen MR) is 72.8 cm³/mol. The molecule has 0 saturated heterocycles. The Morgan fingerprint density at radius 2 is 1.95 bits per heavy atom. The average molecular weight is 293 g/mol. The Hall–Kier alpha value is -0.920. The van der Waals surface area contributed by atoms with Crippen LogP contribution in [0.15, 0.2) is 12.2 Å². The average Bonchev–Trinajstić information content (AvgIpc) is 2.31. The minimum absolute atomic E-state index is 0.0124. The van der Waals surface area contributed by atoms with Crippen LogP contribution in [0.3, 0.4) is 0 Å². The molecule has 0 heterocycles. The number of carbonyl (C=O) groups excluding carboxylic acids is 1. The maximum atomic E-state index is 11.5. The van der Waals surface area contributed by atoms with Gasteiger partial charge < -0.3 is 4.74 Å². The van der Waals surface area contributed by atoms with Gasteiger partial charge in [0.2, 0.25) is 0 Å². The fourth-order valence-corrected chi connectivity index (χ4v) is 2.34. The Morgan fingerprint density at radius 1 is 1.32 bits per heavy atom. The second kappa shape index (κ2) is 9.06. The molecule has 0 aromatic carbocycles. The monoisotopic (exact) mass is 293 g/mol. The van der Waals surface area contributed by atoms with Gasteiger partial charge in [0.25, 0.3) is 10.1 Å². The summed E-state index contributed by atoms with van der Waals surface area (Å²) in [4.78, 5) is 11.1. The molecule has 0 amide bonds. The lowest BCUT2D eigenvalue weighted by Gasteiger charge is -2.15. The van der Waals surface area contributed by atoms with Crippen LogP contribution in [0.1, 0.15) is 33.1 Å². The number of unbranched alkanes of at least 4 members (excludes halogenated alkanes) is 1. The number of carbonyl (C=O) groups is 1. The molecular weight excluding hydrogens is 270 g/mol. The highest BCUT2D eigenvalue weighted by atomic mass is 32.2. The standard InChI is InChI=1S/C12H23NO5S/c1-5-6-10-19(15,16)18-13(4)8-7-9-17-12(14)11(2)3/h2,5-10H2,1,3-4H3. The van der Waals surface area contributed by atoms with Crippen LogP contribution in [-0.4, -0.2) is 45.4 Å². The van der Waals surface area contributed by atoms with Gasteiger partial charge in [0.15, 0.2) is 0 Å². The Balaban J connectivity index is 3.84. The summed E-state index contributed by atoms with van der Waals surface area (Å²) in [6.45, 7) is 7.49. The second-order valence-electron chi connectivity index (χ2n) is 4.31. The lowest BCUT2D eigenvalue weighted by Crippen LogP contribution is -2.26. The minimum atomic E-state index is -3.51. The smallest absolute Gasteiger partial charge is 0.333 e. The third-order valence-corrected chi connectivity index (χ3v) is 3.46. The van der Waals surface area contributed by atoms with Crippen molar-refractivity contribution in [2.75, 3.05) is 26.0 Å². The van der Waals surface area contributed by atoms with Gasteiger partial charge in [0.1, 0.15) is 0 Å². The summed E-state index contributed by atoms with van der Waals surface area (Å²) < 4.78 is 32.7. The van der Waals surface area contributed by atoms with E-state index in [1.54, 1.807) is 6.92 Å². The molecule has 0 spiro atoms. The van der Waals surface area contributed by atoms with E-state index in [-0.39, 0.29) is 12.4 Å². The van der Waals surface area contributed by atoms with Crippen molar-refractivity contribution in [3.05, 3.63) is 12.2 Å². The van der Waals surface area contributed by atoms with Gasteiger partial charge in [-0.1, -0.05) is 19.9 Å². The highest BCUT2D eigenvalue weighted by molar-refractivity contribution is 7.86. The van der Waals surface area contributed by atoms with Crippen LogP contribution in [0.4, 0.5) is 0 Å². The molecule has 0 bridgehead atoms. The normalized spacial score (nSPS) is 11.6. The summed E-state index contributed by atoms with van der Waals surface area (Å²) in [6.07, 6.45) is 1.86. The Kier molecular flexibility index (Phi) is 8.62. The molecule has 0 fully saturated rings. The van der Waals surface area contributed by atoms with Crippen molar-refractivity contribution in [2.24, 2.45) is 0 Å². The van der Waals surface area contributed by atoms with E-state index < -0.39 is 16.1 Å². The first-order valence-electron chi connectivity index (χ1n) is 6.24. The molecule has 0 unspecified atom stereocenters. The van der Waals surface area contributed by atoms with Gasteiger partial charge in [-0.3, -0.25) is 0 Å². The molecule has 0 atom stereocenters. The number of ether oxygens (including phenoxy) is 1. The zero-order valence-corrected chi connectivity index (χ0v) is 12.7. The van der Waals surface area contributed by atoms with Crippen molar-refractivity contribution in [3.63, 3.8) is 0 Å². The molecule has 0 aliphatic heterocycles. The maximum Gasteiger partial charge on any atom is 0.333 e. The number of esters is 1. The van der Waals surface area contributed by atoms with E-state index in [4.69, 9.17) is 9.02 Å². The molecule has 0 radical (unpaired) electrons. The topological polar surface area (TPSA) is 72.9 Å². The van der Waals surface area contributed by atoms with E-state index in [2.05, 4.69) is 6.58 Å².